The number of amides is 4. The maximum absolute atomic E-state index is 12.5. The molecule has 0 radical (unpaired) electrons. The molecule has 0 rings (SSSR count). The van der Waals surface area contributed by atoms with Crippen LogP contribution in [-0.4, -0.2) is 70.1 Å². The zero-order chi connectivity index (χ0) is 22.9. The van der Waals surface area contributed by atoms with Gasteiger partial charge in [0.2, 0.25) is 23.6 Å². The number of rotatable bonds is 12. The van der Waals surface area contributed by atoms with Crippen LogP contribution < -0.4 is 27.4 Å². The van der Waals surface area contributed by atoms with Gasteiger partial charge in [0.05, 0.1) is 18.6 Å². The van der Waals surface area contributed by atoms with Gasteiger partial charge in [-0.2, -0.15) is 0 Å². The molecule has 0 aliphatic heterocycles. The van der Waals surface area contributed by atoms with Crippen molar-refractivity contribution < 1.29 is 34.2 Å². The SMILES string of the molecule is CCC(C)C(NC(=O)C(CC(N)=O)NC(=O)C(NC(=O)C(C)N)C(C)O)C(=O)O. The summed E-state index contributed by atoms with van der Waals surface area (Å²) < 4.78 is 0. The Hall–Kier alpha value is -2.73. The van der Waals surface area contributed by atoms with E-state index < -0.39 is 72.2 Å². The van der Waals surface area contributed by atoms with Crippen molar-refractivity contribution >= 4 is 29.6 Å². The van der Waals surface area contributed by atoms with Crippen molar-refractivity contribution in [3.8, 4) is 0 Å². The normalized spacial score (nSPS) is 17.0. The minimum absolute atomic E-state index is 0.420. The van der Waals surface area contributed by atoms with Crippen LogP contribution in [0, 0.1) is 5.92 Å². The molecular formula is C17H31N5O7. The molecule has 12 nitrogen and oxygen atoms in total. The second-order valence-electron chi connectivity index (χ2n) is 6.96. The molecule has 0 saturated heterocycles. The first-order chi connectivity index (χ1) is 13.3. The summed E-state index contributed by atoms with van der Waals surface area (Å²) >= 11 is 0. The van der Waals surface area contributed by atoms with E-state index in [1.165, 1.54) is 13.8 Å². The Morgan fingerprint density at radius 2 is 1.41 bits per heavy atom. The first-order valence-corrected chi connectivity index (χ1v) is 9.17. The maximum Gasteiger partial charge on any atom is 0.326 e. The van der Waals surface area contributed by atoms with Crippen molar-refractivity contribution in [2.45, 2.75) is 70.8 Å². The number of nitrogens with one attached hydrogen (secondary N) is 3. The lowest BCUT2D eigenvalue weighted by Crippen LogP contribution is -2.60. The van der Waals surface area contributed by atoms with Crippen molar-refractivity contribution in [1.82, 2.24) is 16.0 Å². The Kier molecular flexibility index (Phi) is 10.8. The van der Waals surface area contributed by atoms with Crippen LogP contribution in [0.25, 0.3) is 0 Å². The number of carbonyl (C=O) groups is 5. The van der Waals surface area contributed by atoms with Crippen LogP contribution in [0.4, 0.5) is 0 Å². The average molecular weight is 417 g/mol. The topological polar surface area (TPSA) is 214 Å². The number of aliphatic carboxylic acids is 1. The third-order valence-corrected chi connectivity index (χ3v) is 4.29. The highest BCUT2D eigenvalue weighted by Crippen LogP contribution is 2.09. The van der Waals surface area contributed by atoms with Gasteiger partial charge in [-0.05, 0) is 19.8 Å². The summed E-state index contributed by atoms with van der Waals surface area (Å²) in [6.45, 7) is 5.96. The molecule has 29 heavy (non-hydrogen) atoms. The second-order valence-corrected chi connectivity index (χ2v) is 6.96. The van der Waals surface area contributed by atoms with Crippen molar-refractivity contribution in [2.24, 2.45) is 17.4 Å². The van der Waals surface area contributed by atoms with Gasteiger partial charge in [-0.15, -0.1) is 0 Å². The molecule has 0 aromatic carbocycles. The van der Waals surface area contributed by atoms with E-state index in [0.717, 1.165) is 0 Å². The van der Waals surface area contributed by atoms with E-state index >= 15 is 0 Å². The van der Waals surface area contributed by atoms with Gasteiger partial charge in [-0.1, -0.05) is 20.3 Å². The van der Waals surface area contributed by atoms with E-state index in [4.69, 9.17) is 11.5 Å². The molecule has 0 aliphatic rings. The van der Waals surface area contributed by atoms with Crippen LogP contribution in [0.2, 0.25) is 0 Å². The number of hydrogen-bond acceptors (Lipinski definition) is 7. The highest BCUT2D eigenvalue weighted by Gasteiger charge is 2.33. The fourth-order valence-electron chi connectivity index (χ4n) is 2.30. The van der Waals surface area contributed by atoms with E-state index in [1.54, 1.807) is 13.8 Å². The van der Waals surface area contributed by atoms with Gasteiger partial charge in [0.25, 0.3) is 0 Å². The minimum Gasteiger partial charge on any atom is -0.480 e. The summed E-state index contributed by atoms with van der Waals surface area (Å²) in [7, 11) is 0. The van der Waals surface area contributed by atoms with Crippen molar-refractivity contribution in [3.05, 3.63) is 0 Å². The van der Waals surface area contributed by atoms with Crippen LogP contribution in [0.3, 0.4) is 0 Å². The molecule has 4 amide bonds. The Bertz CT molecular complexity index is 623. The third kappa shape index (κ3) is 8.87. The second kappa shape index (κ2) is 12.0. The summed E-state index contributed by atoms with van der Waals surface area (Å²) in [5.41, 5.74) is 10.5. The van der Waals surface area contributed by atoms with E-state index in [2.05, 4.69) is 16.0 Å². The van der Waals surface area contributed by atoms with Gasteiger partial charge in [0.1, 0.15) is 18.1 Å². The predicted octanol–water partition coefficient (Wildman–Crippen LogP) is -2.83. The summed E-state index contributed by atoms with van der Waals surface area (Å²) in [5, 5.41) is 25.8. The molecule has 0 aromatic heterocycles. The smallest absolute Gasteiger partial charge is 0.326 e. The molecule has 6 atom stereocenters. The van der Waals surface area contributed by atoms with Gasteiger partial charge < -0.3 is 37.6 Å². The van der Waals surface area contributed by atoms with Crippen LogP contribution in [-0.2, 0) is 24.0 Å². The number of hydrogen-bond donors (Lipinski definition) is 7. The molecule has 0 saturated carbocycles. The Morgan fingerprint density at radius 3 is 1.79 bits per heavy atom. The lowest BCUT2D eigenvalue weighted by Gasteiger charge is -2.26. The van der Waals surface area contributed by atoms with Crippen LogP contribution in [0.15, 0.2) is 0 Å². The molecule has 9 N–H and O–H groups in total. The lowest BCUT2D eigenvalue weighted by atomic mass is 9.98. The third-order valence-electron chi connectivity index (χ3n) is 4.29. The Balaban J connectivity index is 5.46. The monoisotopic (exact) mass is 417 g/mol. The highest BCUT2D eigenvalue weighted by atomic mass is 16.4. The molecule has 0 aliphatic carbocycles. The minimum atomic E-state index is -1.50. The molecule has 0 fully saturated rings. The molecule has 12 heteroatoms. The van der Waals surface area contributed by atoms with Gasteiger partial charge >= 0.3 is 5.97 Å². The fraction of sp³-hybridized carbons (Fsp3) is 0.706. The highest BCUT2D eigenvalue weighted by molar-refractivity contribution is 5.96. The first-order valence-electron chi connectivity index (χ1n) is 9.17. The quantitative estimate of drug-likeness (QED) is 0.175. The molecule has 166 valence electrons. The van der Waals surface area contributed by atoms with Gasteiger partial charge in [0.15, 0.2) is 0 Å². The van der Waals surface area contributed by atoms with E-state index in [9.17, 15) is 34.2 Å². The molecule has 0 spiro atoms. The number of carboxylic acid groups (broad SMARTS) is 1. The lowest BCUT2D eigenvalue weighted by molar-refractivity contribution is -0.144. The van der Waals surface area contributed by atoms with Crippen molar-refractivity contribution in [1.29, 1.82) is 0 Å². The van der Waals surface area contributed by atoms with Crippen molar-refractivity contribution in [2.75, 3.05) is 0 Å². The summed E-state index contributed by atoms with van der Waals surface area (Å²) in [5.74, 6) is -5.24. The van der Waals surface area contributed by atoms with Gasteiger partial charge in [0, 0.05) is 0 Å². The molecule has 0 heterocycles. The first kappa shape index (κ1) is 26.3. The van der Waals surface area contributed by atoms with Crippen LogP contribution in [0.1, 0.15) is 40.5 Å². The number of aliphatic hydroxyl groups is 1. The summed E-state index contributed by atoms with van der Waals surface area (Å²) in [6, 6.07) is -5.16. The molecule has 0 bridgehead atoms. The number of carboxylic acids is 1. The van der Waals surface area contributed by atoms with E-state index in [0.29, 0.717) is 6.42 Å². The average Bonchev–Trinajstić information content (AvgIpc) is 2.61. The Morgan fingerprint density at radius 1 is 0.897 bits per heavy atom. The maximum atomic E-state index is 12.5. The molecule has 0 aromatic rings. The molecular weight excluding hydrogens is 386 g/mol. The number of carbonyl (C=O) groups excluding carboxylic acids is 4. The Labute approximate surface area is 168 Å². The number of nitrogens with two attached hydrogens (primary N) is 2. The standard InChI is InChI=1S/C17H31N5O7/c1-5-7(2)12(17(28)29)21-15(26)10(6-11(19)24)20-16(27)13(9(4)23)22-14(25)8(3)18/h7-10,12-13,23H,5-6,18H2,1-4H3,(H2,19,24)(H,20,27)(H,21,26)(H,22,25)(H,28,29). The van der Waals surface area contributed by atoms with E-state index in [-0.39, 0.29) is 0 Å². The number of primary amides is 1. The van der Waals surface area contributed by atoms with Gasteiger partial charge in [-0.3, -0.25) is 19.2 Å². The fourth-order valence-corrected chi connectivity index (χ4v) is 2.30. The molecule has 6 unspecified atom stereocenters. The predicted molar refractivity (Wildman–Crippen MR) is 102 cm³/mol. The van der Waals surface area contributed by atoms with E-state index in [1.807, 2.05) is 0 Å². The summed E-state index contributed by atoms with van der Waals surface area (Å²) in [6.07, 6.45) is -1.50. The van der Waals surface area contributed by atoms with Crippen LogP contribution in [0.5, 0.6) is 0 Å². The largest absolute Gasteiger partial charge is 0.480 e. The van der Waals surface area contributed by atoms with Crippen LogP contribution >= 0.6 is 0 Å². The zero-order valence-corrected chi connectivity index (χ0v) is 17.0. The van der Waals surface area contributed by atoms with Crippen molar-refractivity contribution in [3.63, 3.8) is 0 Å². The summed E-state index contributed by atoms with van der Waals surface area (Å²) in [4.78, 5) is 59.4. The van der Waals surface area contributed by atoms with Gasteiger partial charge in [-0.25, -0.2) is 4.79 Å². The zero-order valence-electron chi connectivity index (χ0n) is 17.0. The number of aliphatic hydroxyl groups excluding tert-OH is 1.